The van der Waals surface area contributed by atoms with Crippen LogP contribution in [0.2, 0.25) is 0 Å². The molecule has 1 fully saturated rings. The van der Waals surface area contributed by atoms with Crippen LogP contribution < -0.4 is 5.32 Å². The average Bonchev–Trinajstić information content (AvgIpc) is 3.35. The van der Waals surface area contributed by atoms with Gasteiger partial charge in [-0.3, -0.25) is 4.79 Å². The molecule has 0 saturated heterocycles. The van der Waals surface area contributed by atoms with Crippen molar-refractivity contribution < 1.29 is 13.6 Å². The lowest BCUT2D eigenvalue weighted by molar-refractivity contribution is -0.114. The zero-order valence-electron chi connectivity index (χ0n) is 15.4. The van der Waals surface area contributed by atoms with E-state index in [9.17, 15) is 13.6 Å². The Kier molecular flexibility index (Phi) is 6.20. The van der Waals surface area contributed by atoms with E-state index in [0.29, 0.717) is 12.1 Å². The van der Waals surface area contributed by atoms with E-state index in [2.05, 4.69) is 37.2 Å². The number of allylic oxidation sites excluding steroid dienone is 3. The van der Waals surface area contributed by atoms with Gasteiger partial charge in [0, 0.05) is 20.6 Å². The van der Waals surface area contributed by atoms with E-state index in [1.807, 2.05) is 37.3 Å². The topological polar surface area (TPSA) is 29.1 Å². The van der Waals surface area contributed by atoms with Crippen molar-refractivity contribution in [1.82, 2.24) is 0 Å². The molecule has 0 aliphatic heterocycles. The molecule has 0 spiro atoms. The summed E-state index contributed by atoms with van der Waals surface area (Å²) in [6.45, 7) is 3.28. The number of hydrogen-bond acceptors (Lipinski definition) is 1. The van der Waals surface area contributed by atoms with Crippen LogP contribution in [0.5, 0.6) is 0 Å². The van der Waals surface area contributed by atoms with Gasteiger partial charge in [0.15, 0.2) is 5.83 Å². The SMILES string of the molecule is CC(C=CC1(F)C[C@@H]1c1ccc(Br)c(Br)c1)=C(F)C(=O)Nc1ccccc1C. The van der Waals surface area contributed by atoms with Gasteiger partial charge in [0.25, 0.3) is 5.91 Å². The Morgan fingerprint density at radius 2 is 1.93 bits per heavy atom. The number of hydrogen-bond donors (Lipinski definition) is 1. The van der Waals surface area contributed by atoms with Gasteiger partial charge in [-0.2, -0.15) is 0 Å². The van der Waals surface area contributed by atoms with Gasteiger partial charge >= 0.3 is 0 Å². The van der Waals surface area contributed by atoms with Crippen molar-refractivity contribution >= 4 is 43.5 Å². The third kappa shape index (κ3) is 4.61. The maximum atomic E-state index is 14.9. The molecule has 1 unspecified atom stereocenters. The highest BCUT2D eigenvalue weighted by atomic mass is 79.9. The summed E-state index contributed by atoms with van der Waals surface area (Å²) in [4.78, 5) is 12.1. The van der Waals surface area contributed by atoms with Gasteiger partial charge in [-0.05, 0) is 93.1 Å². The van der Waals surface area contributed by atoms with E-state index >= 15 is 0 Å². The first-order valence-corrected chi connectivity index (χ1v) is 10.4. The zero-order chi connectivity index (χ0) is 20.5. The van der Waals surface area contributed by atoms with Gasteiger partial charge in [-0.15, -0.1) is 0 Å². The number of aryl methyl sites for hydroxylation is 1. The number of rotatable bonds is 5. The summed E-state index contributed by atoms with van der Waals surface area (Å²) in [7, 11) is 0. The predicted octanol–water partition coefficient (Wildman–Crippen LogP) is 7.15. The quantitative estimate of drug-likeness (QED) is 0.335. The molecule has 0 aromatic heterocycles. The lowest BCUT2D eigenvalue weighted by atomic mass is 10.1. The molecule has 0 bridgehead atoms. The van der Waals surface area contributed by atoms with Crippen molar-refractivity contribution in [3.05, 3.63) is 86.1 Å². The second kappa shape index (κ2) is 8.29. The van der Waals surface area contributed by atoms with Crippen LogP contribution in [0.1, 0.15) is 30.4 Å². The molecule has 2 nitrogen and oxygen atoms in total. The van der Waals surface area contributed by atoms with Gasteiger partial charge in [-0.1, -0.05) is 30.3 Å². The fraction of sp³-hybridized carbons (Fsp3) is 0.227. The summed E-state index contributed by atoms with van der Waals surface area (Å²) in [5, 5.41) is 2.54. The largest absolute Gasteiger partial charge is 0.320 e. The van der Waals surface area contributed by atoms with Crippen LogP contribution >= 0.6 is 31.9 Å². The first kappa shape index (κ1) is 20.9. The van der Waals surface area contributed by atoms with Gasteiger partial charge in [0.2, 0.25) is 0 Å². The van der Waals surface area contributed by atoms with Crippen LogP contribution in [-0.4, -0.2) is 11.6 Å². The van der Waals surface area contributed by atoms with Crippen molar-refractivity contribution in [3.8, 4) is 0 Å². The molecule has 1 aliphatic rings. The summed E-state index contributed by atoms with van der Waals surface area (Å²) in [6.07, 6.45) is 3.03. The number of halogens is 4. The lowest BCUT2D eigenvalue weighted by Crippen LogP contribution is -2.13. The fourth-order valence-electron chi connectivity index (χ4n) is 2.97. The molecule has 6 heteroatoms. The number of amides is 1. The number of alkyl halides is 1. The maximum absolute atomic E-state index is 14.9. The molecule has 2 aromatic rings. The van der Waals surface area contributed by atoms with E-state index in [4.69, 9.17) is 0 Å². The molecule has 3 rings (SSSR count). The Hall–Kier alpha value is -1.79. The molecule has 1 N–H and O–H groups in total. The molecule has 1 saturated carbocycles. The van der Waals surface area contributed by atoms with E-state index in [-0.39, 0.29) is 11.5 Å². The maximum Gasteiger partial charge on any atom is 0.284 e. The van der Waals surface area contributed by atoms with Crippen LogP contribution in [0, 0.1) is 6.92 Å². The van der Waals surface area contributed by atoms with E-state index < -0.39 is 17.4 Å². The van der Waals surface area contributed by atoms with Crippen LogP contribution in [0.25, 0.3) is 0 Å². The van der Waals surface area contributed by atoms with Crippen molar-refractivity contribution in [2.45, 2.75) is 31.9 Å². The first-order chi connectivity index (χ1) is 13.2. The molecule has 1 aliphatic carbocycles. The number of para-hydroxylation sites is 1. The fourth-order valence-corrected chi connectivity index (χ4v) is 3.61. The van der Waals surface area contributed by atoms with Crippen LogP contribution in [0.15, 0.2) is 75.0 Å². The third-order valence-corrected chi connectivity index (χ3v) is 6.71. The van der Waals surface area contributed by atoms with Crippen molar-refractivity contribution in [1.29, 1.82) is 0 Å². The highest BCUT2D eigenvalue weighted by Gasteiger charge is 2.54. The summed E-state index contributed by atoms with van der Waals surface area (Å²) in [5.41, 5.74) is 0.819. The third-order valence-electron chi connectivity index (χ3n) is 4.83. The van der Waals surface area contributed by atoms with Crippen LogP contribution in [0.3, 0.4) is 0 Å². The Morgan fingerprint density at radius 3 is 2.61 bits per heavy atom. The van der Waals surface area contributed by atoms with Gasteiger partial charge in [0.1, 0.15) is 5.67 Å². The average molecular weight is 511 g/mol. The molecular formula is C22H19Br2F2NO. The zero-order valence-corrected chi connectivity index (χ0v) is 18.6. The Labute approximate surface area is 180 Å². The van der Waals surface area contributed by atoms with Crippen LogP contribution in [0.4, 0.5) is 14.5 Å². The van der Waals surface area contributed by atoms with Crippen LogP contribution in [-0.2, 0) is 4.79 Å². The number of benzene rings is 2. The molecule has 28 heavy (non-hydrogen) atoms. The van der Waals surface area contributed by atoms with Crippen molar-refractivity contribution in [2.24, 2.45) is 0 Å². The summed E-state index contributed by atoms with van der Waals surface area (Å²) in [6, 6.07) is 12.7. The molecule has 1 amide bonds. The standard InChI is InChI=1S/C22H19Br2F2NO/c1-13-5-3-4-6-19(13)27-21(28)20(25)14(2)9-10-22(26)12-16(22)15-7-8-17(23)18(24)11-15/h3-11,16H,12H2,1-2H3,(H,27,28)/t16-,22?/m1/s1. The van der Waals surface area contributed by atoms with E-state index in [1.54, 1.807) is 12.1 Å². The second-order valence-corrected chi connectivity index (χ2v) is 8.67. The molecule has 0 heterocycles. The molecule has 2 atom stereocenters. The van der Waals surface area contributed by atoms with E-state index in [0.717, 1.165) is 20.1 Å². The molecule has 2 aromatic carbocycles. The van der Waals surface area contributed by atoms with Gasteiger partial charge in [0.05, 0.1) is 0 Å². The minimum Gasteiger partial charge on any atom is -0.320 e. The van der Waals surface area contributed by atoms with Crippen molar-refractivity contribution in [3.63, 3.8) is 0 Å². The summed E-state index contributed by atoms with van der Waals surface area (Å²) in [5.74, 6) is -2.04. The first-order valence-electron chi connectivity index (χ1n) is 8.78. The Bertz CT molecular complexity index is 986. The minimum atomic E-state index is -1.53. The molecule has 146 valence electrons. The summed E-state index contributed by atoms with van der Waals surface area (Å²) >= 11 is 6.81. The Balaban J connectivity index is 1.69. The highest BCUT2D eigenvalue weighted by molar-refractivity contribution is 9.13. The normalized spacial score (nSPS) is 22.1. The number of carbonyl (C=O) groups excluding carboxylic acids is 1. The van der Waals surface area contributed by atoms with Crippen molar-refractivity contribution in [2.75, 3.05) is 5.32 Å². The highest BCUT2D eigenvalue weighted by Crippen LogP contribution is 2.56. The number of nitrogens with one attached hydrogen (secondary N) is 1. The monoisotopic (exact) mass is 509 g/mol. The minimum absolute atomic E-state index is 0.0887. The van der Waals surface area contributed by atoms with Gasteiger partial charge in [-0.25, -0.2) is 8.78 Å². The molecular weight excluding hydrogens is 492 g/mol. The number of anilines is 1. The molecule has 0 radical (unpaired) electrons. The lowest BCUT2D eigenvalue weighted by Gasteiger charge is -2.08. The summed E-state index contributed by atoms with van der Waals surface area (Å²) < 4.78 is 31.1. The smallest absolute Gasteiger partial charge is 0.284 e. The number of carbonyl (C=O) groups is 1. The van der Waals surface area contributed by atoms with Gasteiger partial charge < -0.3 is 5.32 Å². The Morgan fingerprint density at radius 1 is 1.21 bits per heavy atom. The van der Waals surface area contributed by atoms with E-state index in [1.165, 1.54) is 19.1 Å². The predicted molar refractivity (Wildman–Crippen MR) is 116 cm³/mol. The second-order valence-electron chi connectivity index (χ2n) is 6.96.